The number of aryl methyl sites for hydroxylation is 2. The number of carbonyl (C=O) groups excluding carboxylic acids is 3. The summed E-state index contributed by atoms with van der Waals surface area (Å²) in [6.45, 7) is 3.67. The van der Waals surface area contributed by atoms with Crippen molar-refractivity contribution in [1.29, 1.82) is 0 Å². The van der Waals surface area contributed by atoms with Crippen molar-refractivity contribution < 1.29 is 19.1 Å². The number of halogens is 1. The molecule has 0 aliphatic carbocycles. The van der Waals surface area contributed by atoms with E-state index in [9.17, 15) is 14.4 Å². The molecule has 2 N–H and O–H groups in total. The maximum atomic E-state index is 13.0. The van der Waals surface area contributed by atoms with E-state index in [1.165, 1.54) is 18.1 Å². The van der Waals surface area contributed by atoms with Crippen LogP contribution in [-0.4, -0.2) is 31.4 Å². The number of esters is 1. The monoisotopic (exact) mass is 427 g/mol. The van der Waals surface area contributed by atoms with E-state index in [1.807, 2.05) is 26.0 Å². The maximum Gasteiger partial charge on any atom is 0.311 e. The summed E-state index contributed by atoms with van der Waals surface area (Å²) in [6.07, 6.45) is 1.23. The smallest absolute Gasteiger partial charge is 0.311 e. The van der Waals surface area contributed by atoms with Crippen molar-refractivity contribution >= 4 is 46.4 Å². The number of fused-ring (bicyclic) bond motifs is 1. The van der Waals surface area contributed by atoms with Crippen molar-refractivity contribution in [1.82, 2.24) is 0 Å². The zero-order chi connectivity index (χ0) is 21.8. The molecule has 1 aliphatic heterocycles. The van der Waals surface area contributed by atoms with Crippen LogP contribution in [0.5, 0.6) is 0 Å². The Morgan fingerprint density at radius 3 is 2.60 bits per heavy atom. The molecule has 1 heterocycles. The van der Waals surface area contributed by atoms with Gasteiger partial charge in [-0.3, -0.25) is 19.3 Å². The van der Waals surface area contributed by atoms with Crippen LogP contribution in [0.15, 0.2) is 48.2 Å². The summed E-state index contributed by atoms with van der Waals surface area (Å²) >= 11 is 5.96. The minimum absolute atomic E-state index is 0.0862. The number of nitrogens with one attached hydrogen (secondary N) is 2. The van der Waals surface area contributed by atoms with Gasteiger partial charge in [-0.1, -0.05) is 17.7 Å². The Kier molecular flexibility index (Phi) is 6.42. The zero-order valence-electron chi connectivity index (χ0n) is 16.9. The Morgan fingerprint density at radius 1 is 1.17 bits per heavy atom. The Bertz CT molecular complexity index is 1050. The van der Waals surface area contributed by atoms with E-state index in [4.69, 9.17) is 16.3 Å². The molecule has 0 aromatic heterocycles. The molecule has 2 amide bonds. The average molecular weight is 428 g/mol. The minimum Gasteiger partial charge on any atom is -0.469 e. The third-order valence-electron chi connectivity index (χ3n) is 4.73. The summed E-state index contributed by atoms with van der Waals surface area (Å²) < 4.78 is 4.71. The Balaban J connectivity index is 1.92. The van der Waals surface area contributed by atoms with Crippen LogP contribution in [0.4, 0.5) is 17.1 Å². The van der Waals surface area contributed by atoms with Gasteiger partial charge in [0.05, 0.1) is 24.9 Å². The number of carbonyl (C=O) groups is 3. The van der Waals surface area contributed by atoms with Crippen LogP contribution in [0, 0.1) is 13.8 Å². The quantitative estimate of drug-likeness (QED) is 0.708. The molecule has 2 aromatic rings. The van der Waals surface area contributed by atoms with E-state index < -0.39 is 11.9 Å². The standard InChI is InChI=1S/C22H22ClN3O4/c1-13-7-18-19(8-14(13)2)26(21(28)10-17(24-18)11-22(29)30-3)12-20(27)25-16-6-4-5-15(23)9-16/h4-10,24H,11-12H2,1-3H3,(H,25,27). The summed E-state index contributed by atoms with van der Waals surface area (Å²) in [5.41, 5.74) is 4.11. The van der Waals surface area contributed by atoms with Crippen LogP contribution < -0.4 is 15.5 Å². The van der Waals surface area contributed by atoms with Gasteiger partial charge >= 0.3 is 5.97 Å². The van der Waals surface area contributed by atoms with Gasteiger partial charge in [-0.2, -0.15) is 0 Å². The van der Waals surface area contributed by atoms with Crippen molar-refractivity contribution in [2.75, 3.05) is 29.2 Å². The second kappa shape index (κ2) is 9.00. The molecule has 2 aromatic carbocycles. The fraction of sp³-hybridized carbons (Fsp3) is 0.227. The Morgan fingerprint density at radius 2 is 1.90 bits per heavy atom. The molecular weight excluding hydrogens is 406 g/mol. The Hall–Kier alpha value is -3.32. The molecule has 0 fully saturated rings. The van der Waals surface area contributed by atoms with Crippen LogP contribution in [0.2, 0.25) is 5.02 Å². The first kappa shape index (κ1) is 21.4. The van der Waals surface area contributed by atoms with Gasteiger partial charge in [0, 0.05) is 22.5 Å². The highest BCUT2D eigenvalue weighted by atomic mass is 35.5. The van der Waals surface area contributed by atoms with Crippen molar-refractivity contribution in [2.24, 2.45) is 0 Å². The van der Waals surface area contributed by atoms with Gasteiger partial charge in [0.15, 0.2) is 0 Å². The average Bonchev–Trinajstić information content (AvgIpc) is 2.79. The first-order chi connectivity index (χ1) is 14.3. The van der Waals surface area contributed by atoms with Crippen molar-refractivity contribution in [3.63, 3.8) is 0 Å². The van der Waals surface area contributed by atoms with Gasteiger partial charge < -0.3 is 15.4 Å². The van der Waals surface area contributed by atoms with E-state index in [0.717, 1.165) is 11.1 Å². The van der Waals surface area contributed by atoms with Crippen LogP contribution in [0.3, 0.4) is 0 Å². The SMILES string of the molecule is COC(=O)CC1=CC(=O)N(CC(=O)Nc2cccc(Cl)c2)c2cc(C)c(C)cc2N1. The van der Waals surface area contributed by atoms with Gasteiger partial charge in [-0.05, 0) is 55.3 Å². The molecular formula is C22H22ClN3O4. The fourth-order valence-electron chi connectivity index (χ4n) is 3.08. The van der Waals surface area contributed by atoms with Gasteiger partial charge in [0.25, 0.3) is 5.91 Å². The molecule has 1 aliphatic rings. The topological polar surface area (TPSA) is 87.7 Å². The lowest BCUT2D eigenvalue weighted by Gasteiger charge is -2.23. The lowest BCUT2D eigenvalue weighted by Crippen LogP contribution is -2.37. The summed E-state index contributed by atoms with van der Waals surface area (Å²) in [5, 5.41) is 6.38. The second-order valence-corrected chi connectivity index (χ2v) is 7.42. The van der Waals surface area contributed by atoms with Gasteiger partial charge in [0.2, 0.25) is 5.91 Å². The zero-order valence-corrected chi connectivity index (χ0v) is 17.7. The normalized spacial score (nSPS) is 13.0. The van der Waals surface area contributed by atoms with Crippen molar-refractivity contribution in [3.05, 3.63) is 64.3 Å². The highest BCUT2D eigenvalue weighted by Crippen LogP contribution is 2.33. The number of hydrogen-bond donors (Lipinski definition) is 2. The highest BCUT2D eigenvalue weighted by Gasteiger charge is 2.26. The van der Waals surface area contributed by atoms with Gasteiger partial charge in [0.1, 0.15) is 6.54 Å². The maximum absolute atomic E-state index is 13.0. The molecule has 30 heavy (non-hydrogen) atoms. The van der Waals surface area contributed by atoms with E-state index in [1.54, 1.807) is 24.3 Å². The number of hydrogen-bond acceptors (Lipinski definition) is 5. The molecule has 0 unspecified atom stereocenters. The first-order valence-electron chi connectivity index (χ1n) is 9.29. The molecule has 0 saturated carbocycles. The fourth-order valence-corrected chi connectivity index (χ4v) is 3.27. The van der Waals surface area contributed by atoms with Gasteiger partial charge in [-0.25, -0.2) is 0 Å². The Labute approximate surface area is 179 Å². The summed E-state index contributed by atoms with van der Waals surface area (Å²) in [5.74, 6) is -1.26. The van der Waals surface area contributed by atoms with Crippen molar-refractivity contribution in [3.8, 4) is 0 Å². The van der Waals surface area contributed by atoms with Crippen molar-refractivity contribution in [2.45, 2.75) is 20.3 Å². The molecule has 156 valence electrons. The largest absolute Gasteiger partial charge is 0.469 e. The summed E-state index contributed by atoms with van der Waals surface area (Å²) in [4.78, 5) is 38.7. The number of anilines is 3. The van der Waals surface area contributed by atoms with E-state index in [0.29, 0.717) is 27.8 Å². The minimum atomic E-state index is -0.473. The lowest BCUT2D eigenvalue weighted by atomic mass is 10.1. The van der Waals surface area contributed by atoms with Crippen LogP contribution in [0.1, 0.15) is 17.5 Å². The molecule has 0 saturated heterocycles. The van der Waals surface area contributed by atoms with Crippen LogP contribution >= 0.6 is 11.6 Å². The third kappa shape index (κ3) is 4.99. The molecule has 7 nitrogen and oxygen atoms in total. The molecule has 8 heteroatoms. The molecule has 0 bridgehead atoms. The second-order valence-electron chi connectivity index (χ2n) is 6.98. The van der Waals surface area contributed by atoms with E-state index in [-0.39, 0.29) is 18.9 Å². The van der Waals surface area contributed by atoms with Crippen LogP contribution in [0.25, 0.3) is 0 Å². The number of ether oxygens (including phenoxy) is 1. The predicted molar refractivity (Wildman–Crippen MR) is 117 cm³/mol. The molecule has 0 radical (unpaired) electrons. The number of rotatable bonds is 5. The first-order valence-corrected chi connectivity index (χ1v) is 9.67. The number of methoxy groups -OCH3 is 1. The van der Waals surface area contributed by atoms with Crippen LogP contribution in [-0.2, 0) is 19.1 Å². The summed E-state index contributed by atoms with van der Waals surface area (Å²) in [6, 6.07) is 10.5. The molecule has 0 atom stereocenters. The van der Waals surface area contributed by atoms with Gasteiger partial charge in [-0.15, -0.1) is 0 Å². The predicted octanol–water partition coefficient (Wildman–Crippen LogP) is 3.80. The van der Waals surface area contributed by atoms with E-state index >= 15 is 0 Å². The number of amides is 2. The molecule has 0 spiro atoms. The lowest BCUT2D eigenvalue weighted by molar-refractivity contribution is -0.139. The molecule has 3 rings (SSSR count). The number of nitrogens with zero attached hydrogens (tertiary/aromatic N) is 1. The highest BCUT2D eigenvalue weighted by molar-refractivity contribution is 6.30. The van der Waals surface area contributed by atoms with E-state index in [2.05, 4.69) is 10.6 Å². The third-order valence-corrected chi connectivity index (χ3v) is 4.97. The number of benzene rings is 2. The summed E-state index contributed by atoms with van der Waals surface area (Å²) in [7, 11) is 1.29.